The second kappa shape index (κ2) is 16.0. The number of ether oxygens (including phenoxy) is 2. The minimum absolute atomic E-state index is 0.134. The van der Waals surface area contributed by atoms with Crippen LogP contribution in [0.4, 0.5) is 4.39 Å². The zero-order valence-electron chi connectivity index (χ0n) is 27.6. The van der Waals surface area contributed by atoms with E-state index in [-0.39, 0.29) is 24.7 Å². The van der Waals surface area contributed by atoms with Crippen LogP contribution in [0.15, 0.2) is 47.0 Å². The van der Waals surface area contributed by atoms with Gasteiger partial charge in [-0.2, -0.15) is 0 Å². The Morgan fingerprint density at radius 3 is 2.58 bits per heavy atom. The first-order valence-corrected chi connectivity index (χ1v) is 16.3. The normalized spacial score (nSPS) is 21.2. The van der Waals surface area contributed by atoms with Gasteiger partial charge in [-0.3, -0.25) is 9.59 Å². The summed E-state index contributed by atoms with van der Waals surface area (Å²) in [4.78, 5) is 28.2. The third-order valence-electron chi connectivity index (χ3n) is 8.78. The van der Waals surface area contributed by atoms with E-state index in [1.54, 1.807) is 0 Å². The Kier molecular flexibility index (Phi) is 12.2. The smallest absolute Gasteiger partial charge is 0.305 e. The van der Waals surface area contributed by atoms with Crippen molar-refractivity contribution < 1.29 is 27.9 Å². The molecule has 9 heteroatoms. The van der Waals surface area contributed by atoms with Gasteiger partial charge >= 0.3 is 5.97 Å². The summed E-state index contributed by atoms with van der Waals surface area (Å²) in [5.74, 6) is 0.922. The van der Waals surface area contributed by atoms with E-state index >= 15 is 0 Å². The lowest BCUT2D eigenvalue weighted by molar-refractivity contribution is -0.142. The number of likely N-dealkylation sites (tertiary alicyclic amines) is 1. The van der Waals surface area contributed by atoms with Crippen molar-refractivity contribution in [3.8, 4) is 11.5 Å². The van der Waals surface area contributed by atoms with Crippen LogP contribution >= 0.6 is 0 Å². The molecule has 2 unspecified atom stereocenters. The molecule has 8 nitrogen and oxygen atoms in total. The van der Waals surface area contributed by atoms with Gasteiger partial charge in [0.25, 0.3) is 0 Å². The summed E-state index contributed by atoms with van der Waals surface area (Å²) in [5, 5.41) is 1.18. The number of alkyl halides is 1. The van der Waals surface area contributed by atoms with Gasteiger partial charge in [-0.15, -0.1) is 0 Å². The number of hydrogen-bond acceptors (Lipinski definition) is 6. The highest BCUT2D eigenvalue weighted by molar-refractivity contribution is 5.95. The molecule has 1 aliphatic heterocycles. The lowest BCUT2D eigenvalue weighted by atomic mass is 9.85. The minimum atomic E-state index is -0.931. The van der Waals surface area contributed by atoms with Crippen LogP contribution in [0.1, 0.15) is 70.4 Å². The van der Waals surface area contributed by atoms with Crippen molar-refractivity contribution in [3.63, 3.8) is 0 Å². The van der Waals surface area contributed by atoms with Crippen molar-refractivity contribution in [1.82, 2.24) is 14.5 Å². The highest BCUT2D eigenvalue weighted by atomic mass is 19.1. The van der Waals surface area contributed by atoms with Crippen molar-refractivity contribution in [3.05, 3.63) is 53.7 Å². The van der Waals surface area contributed by atoms with Crippen LogP contribution < -0.4 is 0 Å². The first-order chi connectivity index (χ1) is 21.8. The van der Waals surface area contributed by atoms with Gasteiger partial charge in [-0.1, -0.05) is 38.5 Å². The summed E-state index contributed by atoms with van der Waals surface area (Å²) >= 11 is 0. The molecule has 1 saturated heterocycles. The standard InChI is InChI=1S/C19H18N2O.C15H24FNO4.C2H6/c1-4-13-6-7-16-18(10-13)22-19(20-16)15-11-21(3)17-8-5-12(2)9-14(15)17;1-20-15(19)6-11-2-4-14(5-3-11)21-9-13-7-12(16)8-17(13)10-18;1-2/h5-11H,4H2,1-3H3;10-14H,2-9H2,1H3;1-2H3. The SMILES string of the molecule is CC.CCc1ccc2nc(-c3cn(C)c4ccc(C)cc34)oc2c1.COC(=O)CC1CCC(OCC2CC(F)CN2C=O)CC1. The molecule has 2 fully saturated rings. The molecule has 2 aliphatic rings. The van der Waals surface area contributed by atoms with E-state index in [1.165, 1.54) is 34.0 Å². The zero-order valence-corrected chi connectivity index (χ0v) is 27.6. The van der Waals surface area contributed by atoms with Crippen molar-refractivity contribution in [2.75, 3.05) is 20.3 Å². The van der Waals surface area contributed by atoms with Gasteiger partial charge in [-0.25, -0.2) is 9.37 Å². The van der Waals surface area contributed by atoms with E-state index in [2.05, 4.69) is 71.7 Å². The van der Waals surface area contributed by atoms with Crippen molar-refractivity contribution in [2.45, 2.75) is 91.0 Å². The predicted molar refractivity (Wildman–Crippen MR) is 176 cm³/mol. The fourth-order valence-corrected chi connectivity index (χ4v) is 6.23. The zero-order chi connectivity index (χ0) is 32.5. The topological polar surface area (TPSA) is 86.8 Å². The number of benzene rings is 2. The molecule has 2 aromatic carbocycles. The van der Waals surface area contributed by atoms with Crippen LogP contribution in [0, 0.1) is 12.8 Å². The minimum Gasteiger partial charge on any atom is -0.469 e. The van der Waals surface area contributed by atoms with Crippen molar-refractivity contribution >= 4 is 34.4 Å². The number of aryl methyl sites for hydroxylation is 3. The average molecular weight is 622 g/mol. The van der Waals surface area contributed by atoms with Gasteiger partial charge in [0.05, 0.1) is 38.0 Å². The highest BCUT2D eigenvalue weighted by Crippen LogP contribution is 2.33. The Labute approximate surface area is 265 Å². The number of amides is 1. The molecule has 2 atom stereocenters. The van der Waals surface area contributed by atoms with E-state index in [0.717, 1.165) is 48.8 Å². The number of methoxy groups -OCH3 is 1. The predicted octanol–water partition coefficient (Wildman–Crippen LogP) is 7.58. The molecule has 3 heterocycles. The van der Waals surface area contributed by atoms with Gasteiger partial charge in [-0.05, 0) is 74.8 Å². The summed E-state index contributed by atoms with van der Waals surface area (Å²) < 4.78 is 32.0. The van der Waals surface area contributed by atoms with E-state index < -0.39 is 6.17 Å². The molecule has 1 amide bonds. The van der Waals surface area contributed by atoms with Crippen LogP contribution in [0.5, 0.6) is 0 Å². The number of oxazole rings is 1. The van der Waals surface area contributed by atoms with E-state index in [1.807, 2.05) is 19.9 Å². The number of esters is 1. The fraction of sp³-hybridized carbons (Fsp3) is 0.528. The Balaban J connectivity index is 0.000000195. The lowest BCUT2D eigenvalue weighted by Gasteiger charge is -2.29. The van der Waals surface area contributed by atoms with E-state index in [0.29, 0.717) is 37.7 Å². The van der Waals surface area contributed by atoms with Crippen LogP contribution in [0.25, 0.3) is 33.5 Å². The number of rotatable bonds is 8. The third-order valence-corrected chi connectivity index (χ3v) is 8.78. The quantitative estimate of drug-likeness (QED) is 0.149. The molecule has 0 spiro atoms. The molecule has 1 aliphatic carbocycles. The summed E-state index contributed by atoms with van der Waals surface area (Å²) in [6, 6.07) is 12.6. The van der Waals surface area contributed by atoms with Gasteiger partial charge in [0.2, 0.25) is 12.3 Å². The maximum absolute atomic E-state index is 13.3. The first kappa shape index (κ1) is 34.2. The number of halogens is 1. The Morgan fingerprint density at radius 2 is 1.89 bits per heavy atom. The second-order valence-electron chi connectivity index (χ2n) is 11.9. The van der Waals surface area contributed by atoms with E-state index in [9.17, 15) is 14.0 Å². The number of nitrogens with zero attached hydrogens (tertiary/aromatic N) is 3. The first-order valence-electron chi connectivity index (χ1n) is 16.3. The number of carbonyl (C=O) groups excluding carboxylic acids is 2. The molecule has 0 radical (unpaired) electrons. The molecular formula is C36H48FN3O5. The summed E-state index contributed by atoms with van der Waals surface area (Å²) in [5.41, 5.74) is 6.52. The van der Waals surface area contributed by atoms with Crippen LogP contribution in [0.2, 0.25) is 0 Å². The Bertz CT molecular complexity index is 1560. The van der Waals surface area contributed by atoms with Gasteiger partial charge in [0.1, 0.15) is 11.7 Å². The van der Waals surface area contributed by atoms with Crippen LogP contribution in [-0.2, 0) is 32.5 Å². The monoisotopic (exact) mass is 621 g/mol. The Morgan fingerprint density at radius 1 is 1.13 bits per heavy atom. The summed E-state index contributed by atoms with van der Waals surface area (Å²) in [6.07, 6.45) is 7.61. The maximum atomic E-state index is 13.3. The lowest BCUT2D eigenvalue weighted by Crippen LogP contribution is -2.34. The average Bonchev–Trinajstić information content (AvgIpc) is 3.75. The van der Waals surface area contributed by atoms with Crippen molar-refractivity contribution in [1.29, 1.82) is 0 Å². The molecule has 0 bridgehead atoms. The van der Waals surface area contributed by atoms with E-state index in [4.69, 9.17) is 9.15 Å². The molecule has 6 rings (SSSR count). The summed E-state index contributed by atoms with van der Waals surface area (Å²) in [6.45, 7) is 8.84. The van der Waals surface area contributed by atoms with Crippen LogP contribution in [-0.4, -0.2) is 65.4 Å². The molecule has 2 aromatic heterocycles. The molecule has 244 valence electrons. The Hall–Kier alpha value is -3.72. The molecule has 45 heavy (non-hydrogen) atoms. The second-order valence-corrected chi connectivity index (χ2v) is 11.9. The largest absolute Gasteiger partial charge is 0.469 e. The summed E-state index contributed by atoms with van der Waals surface area (Å²) in [7, 11) is 3.47. The number of hydrogen-bond donors (Lipinski definition) is 0. The molecule has 4 aromatic rings. The third kappa shape index (κ3) is 8.51. The molecule has 1 saturated carbocycles. The van der Waals surface area contributed by atoms with Gasteiger partial charge < -0.3 is 23.4 Å². The molecular weight excluding hydrogens is 573 g/mol. The highest BCUT2D eigenvalue weighted by Gasteiger charge is 2.32. The van der Waals surface area contributed by atoms with Crippen LogP contribution in [0.3, 0.4) is 0 Å². The number of aromatic nitrogens is 2. The van der Waals surface area contributed by atoms with Gasteiger partial charge in [0, 0.05) is 37.0 Å². The maximum Gasteiger partial charge on any atom is 0.305 e. The number of fused-ring (bicyclic) bond motifs is 2. The fourth-order valence-electron chi connectivity index (χ4n) is 6.23. The molecule has 0 N–H and O–H groups in total. The van der Waals surface area contributed by atoms with Gasteiger partial charge in [0.15, 0.2) is 5.58 Å². The van der Waals surface area contributed by atoms with Crippen molar-refractivity contribution in [2.24, 2.45) is 13.0 Å². The number of carbonyl (C=O) groups is 2.